The molecule has 0 radical (unpaired) electrons. The van der Waals surface area contributed by atoms with Gasteiger partial charge in [0, 0.05) is 16.9 Å². The van der Waals surface area contributed by atoms with E-state index in [1.165, 1.54) is 0 Å². The van der Waals surface area contributed by atoms with Gasteiger partial charge in [0.15, 0.2) is 5.23 Å². The van der Waals surface area contributed by atoms with E-state index in [2.05, 4.69) is 4.40 Å². The maximum absolute atomic E-state index is 9.73. The number of nitrogens with zero attached hydrogens (tertiary/aromatic N) is 1. The number of hydrogen-bond acceptors (Lipinski definition) is 2. The van der Waals surface area contributed by atoms with E-state index in [0.29, 0.717) is 0 Å². The third-order valence-electron chi connectivity index (χ3n) is 0.553. The summed E-state index contributed by atoms with van der Waals surface area (Å²) >= 11 is 0. The van der Waals surface area contributed by atoms with Crippen molar-refractivity contribution in [2.75, 3.05) is 0 Å². The highest BCUT2D eigenvalue weighted by Crippen LogP contribution is 2.15. The molecule has 1 aliphatic heterocycles. The van der Waals surface area contributed by atoms with Gasteiger partial charge in [-0.3, -0.25) is 0 Å². The topological polar surface area (TPSA) is 29.4 Å². The van der Waals surface area contributed by atoms with Gasteiger partial charge in [-0.25, -0.2) is 9.19 Å². The zero-order valence-electron chi connectivity index (χ0n) is 3.50. The minimum absolute atomic E-state index is 0.551. The molecule has 36 valence electrons. The molecular weight excluding hydrogens is 110 g/mol. The lowest BCUT2D eigenvalue weighted by Crippen LogP contribution is -1.45. The Bertz CT molecular complexity index is 162. The summed E-state index contributed by atoms with van der Waals surface area (Å²) < 4.78 is 3.72. The summed E-state index contributed by atoms with van der Waals surface area (Å²) in [5, 5.41) is 3.47. The molecule has 0 aromatic carbocycles. The van der Waals surface area contributed by atoms with Crippen LogP contribution in [0.15, 0.2) is 15.9 Å². The molecule has 0 N–H and O–H groups in total. The fourth-order valence-corrected chi connectivity index (χ4v) is 0.884. The van der Waals surface area contributed by atoms with Crippen LogP contribution in [0, 0.1) is 0 Å². The lowest BCUT2D eigenvalue weighted by atomic mass is 10.7. The molecule has 0 saturated heterocycles. The molecule has 1 unspecified atom stereocenters. The maximum atomic E-state index is 9.73. The first-order valence-electron chi connectivity index (χ1n) is 1.75. The number of allylic oxidation sites excluding steroid dienone is 1. The van der Waals surface area contributed by atoms with E-state index < -0.39 is 10.7 Å². The molecule has 2 nitrogen and oxygen atoms in total. The number of hydrogen-bond donors (Lipinski definition) is 0. The van der Waals surface area contributed by atoms with Crippen LogP contribution in [0.3, 0.4) is 0 Å². The minimum Gasteiger partial charge on any atom is -0.224 e. The molecule has 0 amide bonds. The summed E-state index contributed by atoms with van der Waals surface area (Å²) in [5.41, 5.74) is 0. The minimum atomic E-state index is -0.551. The van der Waals surface area contributed by atoms with E-state index in [1.807, 2.05) is 0 Å². The second-order valence-electron chi connectivity index (χ2n) is 0.981. The molecule has 0 aromatic heterocycles. The van der Waals surface area contributed by atoms with Crippen molar-refractivity contribution >= 4 is 22.1 Å². The molecular formula is C4H3NOS. The molecule has 1 rings (SSSR count). The standard InChI is InChI=1S/C4H3NOS/c6-4-7-3-1-2-5-7/h1-3H. The third kappa shape index (κ3) is 0.856. The quantitative estimate of drug-likeness (QED) is 0.428. The van der Waals surface area contributed by atoms with Crippen LogP contribution in [0.4, 0.5) is 0 Å². The summed E-state index contributed by atoms with van der Waals surface area (Å²) in [4.78, 5) is 9.73. The summed E-state index contributed by atoms with van der Waals surface area (Å²) in [6, 6.07) is 0. The Kier molecular flexibility index (Phi) is 1.20. The molecule has 0 fully saturated rings. The molecule has 0 bridgehead atoms. The molecule has 1 aliphatic rings. The number of rotatable bonds is 0. The van der Waals surface area contributed by atoms with Gasteiger partial charge >= 0.3 is 0 Å². The summed E-state index contributed by atoms with van der Waals surface area (Å²) in [6.45, 7) is 0. The molecule has 0 aliphatic carbocycles. The smallest absolute Gasteiger partial charge is 0.182 e. The Balaban J connectivity index is 3.00. The van der Waals surface area contributed by atoms with E-state index >= 15 is 0 Å². The summed E-state index contributed by atoms with van der Waals surface area (Å²) in [7, 11) is -0.551. The normalized spacial score (nSPS) is 25.4. The van der Waals surface area contributed by atoms with Crippen molar-refractivity contribution in [1.29, 1.82) is 0 Å². The predicted molar refractivity (Wildman–Crippen MR) is 30.9 cm³/mol. The van der Waals surface area contributed by atoms with E-state index in [1.54, 1.807) is 22.9 Å². The Morgan fingerprint density at radius 3 is 2.86 bits per heavy atom. The van der Waals surface area contributed by atoms with E-state index in [0.717, 1.165) is 0 Å². The van der Waals surface area contributed by atoms with Crippen LogP contribution < -0.4 is 0 Å². The highest BCUT2D eigenvalue weighted by molar-refractivity contribution is 8.16. The Morgan fingerprint density at radius 1 is 1.71 bits per heavy atom. The van der Waals surface area contributed by atoms with Crippen molar-refractivity contribution in [2.24, 2.45) is 4.40 Å². The van der Waals surface area contributed by atoms with E-state index in [4.69, 9.17) is 0 Å². The van der Waals surface area contributed by atoms with Crippen LogP contribution in [0.25, 0.3) is 0 Å². The molecule has 3 heteroatoms. The zero-order chi connectivity index (χ0) is 5.11. The first-order chi connectivity index (χ1) is 3.43. The predicted octanol–water partition coefficient (Wildman–Crippen LogP) is 0.836. The Morgan fingerprint density at radius 2 is 2.57 bits per heavy atom. The van der Waals surface area contributed by atoms with Gasteiger partial charge in [-0.15, -0.1) is 0 Å². The molecule has 1 atom stereocenters. The molecule has 0 spiro atoms. The first-order valence-corrected chi connectivity index (χ1v) is 3.00. The Labute approximate surface area is 43.6 Å². The monoisotopic (exact) mass is 113 g/mol. The zero-order valence-corrected chi connectivity index (χ0v) is 4.31. The average molecular weight is 113 g/mol. The van der Waals surface area contributed by atoms with Crippen molar-refractivity contribution in [2.45, 2.75) is 0 Å². The van der Waals surface area contributed by atoms with Gasteiger partial charge in [0.25, 0.3) is 0 Å². The largest absolute Gasteiger partial charge is 0.224 e. The molecule has 0 aromatic rings. The fraction of sp³-hybridized carbons (Fsp3) is 0. The second-order valence-corrected chi connectivity index (χ2v) is 2.26. The van der Waals surface area contributed by atoms with Gasteiger partial charge in [-0.2, -0.15) is 0 Å². The van der Waals surface area contributed by atoms with Crippen molar-refractivity contribution in [3.63, 3.8) is 0 Å². The van der Waals surface area contributed by atoms with Gasteiger partial charge in [0.2, 0.25) is 0 Å². The van der Waals surface area contributed by atoms with Crippen molar-refractivity contribution in [3.8, 4) is 0 Å². The Hall–Kier alpha value is -0.660. The highest BCUT2D eigenvalue weighted by atomic mass is 32.2. The highest BCUT2D eigenvalue weighted by Gasteiger charge is 1.85. The maximum Gasteiger partial charge on any atom is 0.182 e. The van der Waals surface area contributed by atoms with Gasteiger partial charge in [-0.1, -0.05) is 0 Å². The van der Waals surface area contributed by atoms with Gasteiger partial charge < -0.3 is 0 Å². The summed E-state index contributed by atoms with van der Waals surface area (Å²) in [6.07, 6.45) is 3.35. The summed E-state index contributed by atoms with van der Waals surface area (Å²) in [5.74, 6) is 0. The van der Waals surface area contributed by atoms with E-state index in [9.17, 15) is 4.79 Å². The SMILES string of the molecule is O=C=S1C=CC=N1. The van der Waals surface area contributed by atoms with Crippen molar-refractivity contribution < 1.29 is 4.79 Å². The number of carbonyl (C=O) groups excluding carboxylic acids is 1. The fourth-order valence-electron chi connectivity index (χ4n) is 0.295. The first kappa shape index (κ1) is 4.50. The average Bonchev–Trinajstić information content (AvgIpc) is 2.14. The third-order valence-corrected chi connectivity index (χ3v) is 1.49. The molecule has 7 heavy (non-hydrogen) atoms. The second kappa shape index (κ2) is 1.87. The van der Waals surface area contributed by atoms with Crippen LogP contribution in [0.1, 0.15) is 0 Å². The lowest BCUT2D eigenvalue weighted by molar-refractivity contribution is 0.572. The van der Waals surface area contributed by atoms with Crippen LogP contribution >= 0.6 is 10.7 Å². The lowest BCUT2D eigenvalue weighted by Gasteiger charge is -1.71. The van der Waals surface area contributed by atoms with E-state index in [-0.39, 0.29) is 0 Å². The van der Waals surface area contributed by atoms with Crippen LogP contribution in [-0.4, -0.2) is 11.4 Å². The van der Waals surface area contributed by atoms with Crippen LogP contribution in [0.5, 0.6) is 0 Å². The van der Waals surface area contributed by atoms with Crippen LogP contribution in [-0.2, 0) is 4.79 Å². The molecule has 1 heterocycles. The van der Waals surface area contributed by atoms with Crippen molar-refractivity contribution in [1.82, 2.24) is 0 Å². The van der Waals surface area contributed by atoms with Gasteiger partial charge in [0.05, 0.1) is 0 Å². The van der Waals surface area contributed by atoms with Gasteiger partial charge in [0.1, 0.15) is 0 Å². The van der Waals surface area contributed by atoms with Gasteiger partial charge in [-0.05, 0) is 11.5 Å². The van der Waals surface area contributed by atoms with Crippen molar-refractivity contribution in [3.05, 3.63) is 11.5 Å². The molecule has 0 saturated carbocycles. The van der Waals surface area contributed by atoms with Crippen LogP contribution in [0.2, 0.25) is 0 Å².